The first-order valence-corrected chi connectivity index (χ1v) is 8.51. The Morgan fingerprint density at radius 3 is 2.60 bits per heavy atom. The highest BCUT2D eigenvalue weighted by Gasteiger charge is 2.21. The second-order valence-corrected chi connectivity index (χ2v) is 6.40. The zero-order valence-electron chi connectivity index (χ0n) is 13.2. The van der Waals surface area contributed by atoms with Gasteiger partial charge in [-0.1, -0.05) is 15.9 Å². The maximum Gasteiger partial charge on any atom is 0.349 e. The molecule has 2 aromatic carbocycles. The first-order valence-electron chi connectivity index (χ1n) is 7.72. The lowest BCUT2D eigenvalue weighted by molar-refractivity contribution is -0.136. The zero-order chi connectivity index (χ0) is 17.8. The number of hydrogen-bond donors (Lipinski definition) is 0. The van der Waals surface area contributed by atoms with Gasteiger partial charge >= 0.3 is 5.97 Å². The molecule has 25 heavy (non-hydrogen) atoms. The highest BCUT2D eigenvalue weighted by molar-refractivity contribution is 9.10. The van der Waals surface area contributed by atoms with Crippen LogP contribution in [0, 0.1) is 5.82 Å². The second-order valence-electron chi connectivity index (χ2n) is 5.48. The summed E-state index contributed by atoms with van der Waals surface area (Å²) in [7, 11) is 0. The number of anilines is 1. The molecule has 0 aromatic heterocycles. The monoisotopic (exact) mass is 407 g/mol. The van der Waals surface area contributed by atoms with Gasteiger partial charge in [0, 0.05) is 23.1 Å². The first kappa shape index (κ1) is 17.4. The average molecular weight is 408 g/mol. The molecule has 0 unspecified atom stereocenters. The van der Waals surface area contributed by atoms with Gasteiger partial charge in [0.15, 0.2) is 18.2 Å². The third-order valence-electron chi connectivity index (χ3n) is 3.69. The fourth-order valence-corrected chi connectivity index (χ4v) is 2.84. The molecule has 130 valence electrons. The van der Waals surface area contributed by atoms with E-state index in [0.717, 1.165) is 12.1 Å². The van der Waals surface area contributed by atoms with Crippen LogP contribution in [0.2, 0.25) is 0 Å². The summed E-state index contributed by atoms with van der Waals surface area (Å²) in [5.74, 6) is -0.813. The summed E-state index contributed by atoms with van der Waals surface area (Å²) in [6.45, 7) is 0.287. The molecule has 0 aliphatic carbocycles. The number of carbonyl (C=O) groups is 2. The topological polar surface area (TPSA) is 55.8 Å². The molecule has 0 atom stereocenters. The van der Waals surface area contributed by atoms with Crippen LogP contribution >= 0.6 is 15.9 Å². The van der Waals surface area contributed by atoms with Gasteiger partial charge in [-0.05, 0) is 48.9 Å². The molecule has 2 aromatic rings. The predicted molar refractivity (Wildman–Crippen MR) is 93.3 cm³/mol. The molecule has 0 N–H and O–H groups in total. The third kappa shape index (κ3) is 4.36. The van der Waals surface area contributed by atoms with Crippen LogP contribution in [0.5, 0.6) is 11.5 Å². The van der Waals surface area contributed by atoms with Crippen LogP contribution in [0.15, 0.2) is 46.9 Å². The molecule has 1 heterocycles. The molecule has 1 aliphatic heterocycles. The molecular weight excluding hydrogens is 393 g/mol. The fraction of sp³-hybridized carbons (Fsp3) is 0.222. The molecule has 1 saturated heterocycles. The van der Waals surface area contributed by atoms with Crippen molar-refractivity contribution in [1.29, 1.82) is 0 Å². The van der Waals surface area contributed by atoms with Crippen LogP contribution in [-0.2, 0) is 9.59 Å². The van der Waals surface area contributed by atoms with Gasteiger partial charge in [0.2, 0.25) is 5.91 Å². The summed E-state index contributed by atoms with van der Waals surface area (Å²) >= 11 is 3.14. The van der Waals surface area contributed by atoms with Crippen LogP contribution in [0.3, 0.4) is 0 Å². The van der Waals surface area contributed by atoms with Gasteiger partial charge in [0.05, 0.1) is 0 Å². The molecule has 0 radical (unpaired) electrons. The van der Waals surface area contributed by atoms with Crippen molar-refractivity contribution in [2.45, 2.75) is 12.8 Å². The van der Waals surface area contributed by atoms with Crippen LogP contribution in [0.1, 0.15) is 12.8 Å². The largest absolute Gasteiger partial charge is 0.479 e. The van der Waals surface area contributed by atoms with E-state index < -0.39 is 18.4 Å². The molecule has 1 aliphatic rings. The summed E-state index contributed by atoms with van der Waals surface area (Å²) in [5, 5.41) is 0. The van der Waals surface area contributed by atoms with E-state index in [9.17, 15) is 14.0 Å². The second kappa shape index (κ2) is 7.65. The lowest BCUT2D eigenvalue weighted by Crippen LogP contribution is -2.23. The number of carbonyl (C=O) groups excluding carboxylic acids is 2. The van der Waals surface area contributed by atoms with Gasteiger partial charge in [-0.3, -0.25) is 4.79 Å². The normalized spacial score (nSPS) is 13.8. The fourth-order valence-electron chi connectivity index (χ4n) is 2.51. The van der Waals surface area contributed by atoms with Crippen molar-refractivity contribution in [3.8, 4) is 11.5 Å². The quantitative estimate of drug-likeness (QED) is 0.560. The van der Waals surface area contributed by atoms with Gasteiger partial charge < -0.3 is 14.4 Å². The molecule has 0 saturated carbocycles. The highest BCUT2D eigenvalue weighted by atomic mass is 79.9. The van der Waals surface area contributed by atoms with Gasteiger partial charge in [0.1, 0.15) is 5.75 Å². The molecular formula is C18H15BrFNO4. The Labute approximate surface area is 152 Å². The van der Waals surface area contributed by atoms with Crippen LogP contribution in [-0.4, -0.2) is 25.0 Å². The Bertz CT molecular complexity index is 794. The zero-order valence-corrected chi connectivity index (χ0v) is 14.8. The Morgan fingerprint density at radius 2 is 1.96 bits per heavy atom. The number of amides is 1. The number of rotatable bonds is 5. The Hall–Kier alpha value is -2.41. The van der Waals surface area contributed by atoms with E-state index in [1.165, 1.54) is 12.1 Å². The maximum atomic E-state index is 13.6. The van der Waals surface area contributed by atoms with E-state index >= 15 is 0 Å². The third-order valence-corrected chi connectivity index (χ3v) is 4.19. The first-order chi connectivity index (χ1) is 12.0. The Morgan fingerprint density at radius 1 is 1.20 bits per heavy atom. The van der Waals surface area contributed by atoms with Crippen molar-refractivity contribution in [1.82, 2.24) is 0 Å². The summed E-state index contributed by atoms with van der Waals surface area (Å²) in [6, 6.07) is 11.0. The highest BCUT2D eigenvalue weighted by Crippen LogP contribution is 2.24. The van der Waals surface area contributed by atoms with Crippen molar-refractivity contribution < 1.29 is 23.5 Å². The van der Waals surface area contributed by atoms with Gasteiger partial charge in [-0.25, -0.2) is 9.18 Å². The minimum atomic E-state index is -0.646. The van der Waals surface area contributed by atoms with Crippen LogP contribution in [0.25, 0.3) is 0 Å². The molecule has 1 amide bonds. The van der Waals surface area contributed by atoms with Crippen molar-refractivity contribution >= 4 is 33.5 Å². The number of benzene rings is 2. The lowest BCUT2D eigenvalue weighted by Gasteiger charge is -2.15. The van der Waals surface area contributed by atoms with Gasteiger partial charge in [-0.15, -0.1) is 0 Å². The molecule has 5 nitrogen and oxygen atoms in total. The smallest absolute Gasteiger partial charge is 0.349 e. The SMILES string of the molecule is O=C(COc1ccc(Br)cc1F)Oc1ccc(N2CCCC2=O)cc1. The number of nitrogens with zero attached hydrogens (tertiary/aromatic N) is 1. The van der Waals surface area contributed by atoms with Crippen LogP contribution < -0.4 is 14.4 Å². The predicted octanol–water partition coefficient (Wildman–Crippen LogP) is 3.70. The number of ether oxygens (including phenoxy) is 2. The molecule has 0 spiro atoms. The van der Waals surface area contributed by atoms with Crippen LogP contribution in [0.4, 0.5) is 10.1 Å². The van der Waals surface area contributed by atoms with Crippen molar-refractivity contribution in [3.63, 3.8) is 0 Å². The Kier molecular flexibility index (Phi) is 5.33. The van der Waals surface area contributed by atoms with Gasteiger partial charge in [0.25, 0.3) is 0 Å². The summed E-state index contributed by atoms with van der Waals surface area (Å²) in [5.41, 5.74) is 0.774. The molecule has 3 rings (SSSR count). The minimum Gasteiger partial charge on any atom is -0.479 e. The molecule has 0 bridgehead atoms. The molecule has 1 fully saturated rings. The standard InChI is InChI=1S/C18H15BrFNO4/c19-12-3-8-16(15(20)10-12)24-11-18(23)25-14-6-4-13(5-7-14)21-9-1-2-17(21)22/h3-8,10H,1-2,9,11H2. The van der Waals surface area contributed by atoms with Crippen molar-refractivity contribution in [2.24, 2.45) is 0 Å². The van der Waals surface area contributed by atoms with Gasteiger partial charge in [-0.2, -0.15) is 0 Å². The number of hydrogen-bond acceptors (Lipinski definition) is 4. The Balaban J connectivity index is 1.55. The maximum absolute atomic E-state index is 13.6. The van der Waals surface area contributed by atoms with Crippen molar-refractivity contribution in [2.75, 3.05) is 18.1 Å². The van der Waals surface area contributed by atoms with E-state index in [1.54, 1.807) is 35.2 Å². The lowest BCUT2D eigenvalue weighted by atomic mass is 10.3. The molecule has 7 heteroatoms. The van der Waals surface area contributed by atoms with E-state index in [4.69, 9.17) is 9.47 Å². The van der Waals surface area contributed by atoms with E-state index in [1.807, 2.05) is 0 Å². The summed E-state index contributed by atoms with van der Waals surface area (Å²) in [6.07, 6.45) is 1.40. The summed E-state index contributed by atoms with van der Waals surface area (Å²) < 4.78 is 24.5. The van der Waals surface area contributed by atoms with Crippen molar-refractivity contribution in [3.05, 3.63) is 52.8 Å². The number of esters is 1. The number of halogens is 2. The minimum absolute atomic E-state index is 0.0250. The van der Waals surface area contributed by atoms with E-state index in [-0.39, 0.29) is 11.7 Å². The van der Waals surface area contributed by atoms with E-state index in [2.05, 4.69) is 15.9 Å². The van der Waals surface area contributed by atoms with E-state index in [0.29, 0.717) is 23.2 Å². The summed E-state index contributed by atoms with van der Waals surface area (Å²) in [4.78, 5) is 25.2. The average Bonchev–Trinajstić information content (AvgIpc) is 3.01.